The number of carbonyl (C=O) groups excluding carboxylic acids is 1. The van der Waals surface area contributed by atoms with E-state index in [1.807, 2.05) is 18.2 Å². The van der Waals surface area contributed by atoms with Gasteiger partial charge in [-0.3, -0.25) is 4.79 Å². The molecule has 0 saturated carbocycles. The van der Waals surface area contributed by atoms with E-state index in [0.717, 1.165) is 16.9 Å². The second-order valence-corrected chi connectivity index (χ2v) is 3.25. The normalized spacial score (nSPS) is 15.9. The molecule has 2 rings (SSSR count). The van der Waals surface area contributed by atoms with Gasteiger partial charge in [-0.25, -0.2) is 0 Å². The van der Waals surface area contributed by atoms with Gasteiger partial charge in [0.1, 0.15) is 5.75 Å². The van der Waals surface area contributed by atoms with E-state index in [0.29, 0.717) is 19.6 Å². The molecule has 1 aliphatic heterocycles. The van der Waals surface area contributed by atoms with Crippen molar-refractivity contribution in [1.29, 1.82) is 0 Å². The first-order valence-corrected chi connectivity index (χ1v) is 4.59. The van der Waals surface area contributed by atoms with Crippen molar-refractivity contribution in [2.45, 2.75) is 13.0 Å². The van der Waals surface area contributed by atoms with Gasteiger partial charge in [-0.05, 0) is 23.8 Å². The van der Waals surface area contributed by atoms with Gasteiger partial charge in [0.25, 0.3) is 0 Å². The van der Waals surface area contributed by atoms with Gasteiger partial charge in [0.15, 0.2) is 5.78 Å². The summed E-state index contributed by atoms with van der Waals surface area (Å²) < 4.78 is 10.4. The van der Waals surface area contributed by atoms with E-state index in [-0.39, 0.29) is 5.78 Å². The number of hydrogen-bond donors (Lipinski definition) is 0. The van der Waals surface area contributed by atoms with Crippen LogP contribution in [0.3, 0.4) is 0 Å². The number of ether oxygens (including phenoxy) is 2. The number of fused-ring (bicyclic) bond motifs is 1. The highest BCUT2D eigenvalue weighted by atomic mass is 16.5. The molecule has 1 aromatic carbocycles. The first kappa shape index (κ1) is 9.21. The van der Waals surface area contributed by atoms with E-state index in [9.17, 15) is 4.79 Å². The molecular weight excluding hydrogens is 180 g/mol. The summed E-state index contributed by atoms with van der Waals surface area (Å²) in [5.74, 6) is 0.919. The molecule has 0 spiro atoms. The van der Waals surface area contributed by atoms with Crippen LogP contribution >= 0.6 is 0 Å². The highest BCUT2D eigenvalue weighted by molar-refractivity contribution is 5.97. The van der Waals surface area contributed by atoms with Crippen LogP contribution in [0.25, 0.3) is 0 Å². The smallest absolute Gasteiger partial charge is 0.165 e. The van der Waals surface area contributed by atoms with Gasteiger partial charge < -0.3 is 9.47 Å². The number of rotatable bonds is 1. The van der Waals surface area contributed by atoms with Crippen LogP contribution < -0.4 is 4.74 Å². The lowest BCUT2D eigenvalue weighted by atomic mass is 10.0. The molecular formula is C11H12O3. The van der Waals surface area contributed by atoms with Gasteiger partial charge in [-0.1, -0.05) is 0 Å². The van der Waals surface area contributed by atoms with Gasteiger partial charge in [0.2, 0.25) is 0 Å². The Balaban J connectivity index is 2.43. The molecule has 14 heavy (non-hydrogen) atoms. The van der Waals surface area contributed by atoms with Crippen molar-refractivity contribution >= 4 is 5.78 Å². The van der Waals surface area contributed by atoms with Crippen molar-refractivity contribution in [3.8, 4) is 5.75 Å². The maximum absolute atomic E-state index is 11.6. The second kappa shape index (κ2) is 3.80. The summed E-state index contributed by atoms with van der Waals surface area (Å²) in [5.41, 5.74) is 1.69. The Hall–Kier alpha value is -1.35. The molecule has 1 heterocycles. The van der Waals surface area contributed by atoms with Crippen molar-refractivity contribution in [2.75, 3.05) is 13.7 Å². The highest BCUT2D eigenvalue weighted by Gasteiger charge is 2.15. The van der Waals surface area contributed by atoms with E-state index < -0.39 is 0 Å². The van der Waals surface area contributed by atoms with Gasteiger partial charge in [-0.2, -0.15) is 0 Å². The van der Waals surface area contributed by atoms with Crippen molar-refractivity contribution < 1.29 is 14.3 Å². The lowest BCUT2D eigenvalue weighted by Crippen LogP contribution is -2.01. The first-order chi connectivity index (χ1) is 6.81. The SMILES string of the molecule is COc1ccc2c(c1)COCCC2=O. The van der Waals surface area contributed by atoms with Gasteiger partial charge >= 0.3 is 0 Å². The average Bonchev–Trinajstić information content (AvgIpc) is 2.40. The van der Waals surface area contributed by atoms with Crippen molar-refractivity contribution in [3.63, 3.8) is 0 Å². The molecule has 0 atom stereocenters. The summed E-state index contributed by atoms with van der Waals surface area (Å²) in [7, 11) is 1.61. The quantitative estimate of drug-likeness (QED) is 0.680. The van der Waals surface area contributed by atoms with Crippen molar-refractivity contribution in [1.82, 2.24) is 0 Å². The Labute approximate surface area is 82.6 Å². The lowest BCUT2D eigenvalue weighted by Gasteiger charge is -2.06. The third-order valence-corrected chi connectivity index (χ3v) is 2.34. The fraction of sp³-hybridized carbons (Fsp3) is 0.364. The Morgan fingerprint density at radius 1 is 1.43 bits per heavy atom. The predicted molar refractivity (Wildman–Crippen MR) is 51.6 cm³/mol. The molecule has 1 aliphatic rings. The minimum Gasteiger partial charge on any atom is -0.497 e. The summed E-state index contributed by atoms with van der Waals surface area (Å²) >= 11 is 0. The summed E-state index contributed by atoms with van der Waals surface area (Å²) in [4.78, 5) is 11.6. The van der Waals surface area contributed by atoms with Crippen LogP contribution in [0.15, 0.2) is 18.2 Å². The summed E-state index contributed by atoms with van der Waals surface area (Å²) in [6.07, 6.45) is 0.472. The zero-order chi connectivity index (χ0) is 9.97. The molecule has 3 heteroatoms. The van der Waals surface area contributed by atoms with E-state index in [4.69, 9.17) is 9.47 Å². The number of Topliss-reactive ketones (excluding diaryl/α,β-unsaturated/α-hetero) is 1. The second-order valence-electron chi connectivity index (χ2n) is 3.25. The molecule has 1 aromatic rings. The minimum absolute atomic E-state index is 0.153. The van der Waals surface area contributed by atoms with E-state index in [2.05, 4.69) is 0 Å². The van der Waals surface area contributed by atoms with Crippen LogP contribution in [-0.4, -0.2) is 19.5 Å². The maximum Gasteiger partial charge on any atom is 0.165 e. The van der Waals surface area contributed by atoms with Gasteiger partial charge in [-0.15, -0.1) is 0 Å². The van der Waals surface area contributed by atoms with Crippen LogP contribution in [0.2, 0.25) is 0 Å². The monoisotopic (exact) mass is 192 g/mol. The Kier molecular flexibility index (Phi) is 2.50. The number of ketones is 1. The number of benzene rings is 1. The fourth-order valence-electron chi connectivity index (χ4n) is 1.57. The molecule has 0 aromatic heterocycles. The molecule has 74 valence electrons. The largest absolute Gasteiger partial charge is 0.497 e. The summed E-state index contributed by atoms with van der Waals surface area (Å²) in [6.45, 7) is 1.01. The molecule has 0 saturated heterocycles. The molecule has 0 fully saturated rings. The van der Waals surface area contributed by atoms with Crippen molar-refractivity contribution in [3.05, 3.63) is 29.3 Å². The Morgan fingerprint density at radius 3 is 3.07 bits per heavy atom. The average molecular weight is 192 g/mol. The van der Waals surface area contributed by atoms with Crippen LogP contribution in [0, 0.1) is 0 Å². The van der Waals surface area contributed by atoms with E-state index >= 15 is 0 Å². The molecule has 0 bridgehead atoms. The lowest BCUT2D eigenvalue weighted by molar-refractivity contribution is 0.0898. The number of carbonyl (C=O) groups is 1. The van der Waals surface area contributed by atoms with E-state index in [1.54, 1.807) is 7.11 Å². The molecule has 0 N–H and O–H groups in total. The Bertz CT molecular complexity index is 358. The van der Waals surface area contributed by atoms with E-state index in [1.165, 1.54) is 0 Å². The third-order valence-electron chi connectivity index (χ3n) is 2.34. The molecule has 0 radical (unpaired) electrons. The highest BCUT2D eigenvalue weighted by Crippen LogP contribution is 2.22. The third kappa shape index (κ3) is 1.63. The standard InChI is InChI=1S/C11H12O3/c1-13-9-2-3-10-8(6-9)7-14-5-4-11(10)12/h2-3,6H,4-5,7H2,1H3. The van der Waals surface area contributed by atoms with Gasteiger partial charge in [0, 0.05) is 12.0 Å². The molecule has 0 aliphatic carbocycles. The van der Waals surface area contributed by atoms with Crippen molar-refractivity contribution in [2.24, 2.45) is 0 Å². The van der Waals surface area contributed by atoms with Gasteiger partial charge in [0.05, 0.1) is 20.3 Å². The zero-order valence-electron chi connectivity index (χ0n) is 8.08. The summed E-state index contributed by atoms with van der Waals surface area (Å²) in [5, 5.41) is 0. The zero-order valence-corrected chi connectivity index (χ0v) is 8.08. The molecule has 0 unspecified atom stereocenters. The molecule has 0 amide bonds. The maximum atomic E-state index is 11.6. The predicted octanol–water partition coefficient (Wildman–Crippen LogP) is 1.80. The molecule has 3 nitrogen and oxygen atoms in total. The fourth-order valence-corrected chi connectivity index (χ4v) is 1.57. The van der Waals surface area contributed by atoms with Crippen LogP contribution in [0.1, 0.15) is 22.3 Å². The first-order valence-electron chi connectivity index (χ1n) is 4.59. The Morgan fingerprint density at radius 2 is 2.29 bits per heavy atom. The minimum atomic E-state index is 0.153. The topological polar surface area (TPSA) is 35.5 Å². The van der Waals surface area contributed by atoms with Crippen LogP contribution in [-0.2, 0) is 11.3 Å². The number of hydrogen-bond acceptors (Lipinski definition) is 3. The summed E-state index contributed by atoms with van der Waals surface area (Å²) in [6, 6.07) is 5.48. The van der Waals surface area contributed by atoms with Crippen LogP contribution in [0.4, 0.5) is 0 Å². The van der Waals surface area contributed by atoms with Crippen LogP contribution in [0.5, 0.6) is 5.75 Å². The number of methoxy groups -OCH3 is 1.